The Bertz CT molecular complexity index is 617. The Morgan fingerprint density at radius 1 is 0.909 bits per heavy atom. The zero-order chi connectivity index (χ0) is 15.6. The highest BCUT2D eigenvalue weighted by atomic mass is 14.1. The van der Waals surface area contributed by atoms with E-state index in [1.165, 1.54) is 35.1 Å². The summed E-state index contributed by atoms with van der Waals surface area (Å²) >= 11 is 0. The number of allylic oxidation sites excluding steroid dienone is 3. The van der Waals surface area contributed by atoms with Crippen molar-refractivity contribution in [3.63, 3.8) is 0 Å². The van der Waals surface area contributed by atoms with E-state index < -0.39 is 0 Å². The Labute approximate surface area is 135 Å². The molecule has 0 aliphatic rings. The summed E-state index contributed by atoms with van der Waals surface area (Å²) in [7, 11) is 0. The maximum absolute atomic E-state index is 2.29. The highest BCUT2D eigenvalue weighted by Gasteiger charge is 2.05. The van der Waals surface area contributed by atoms with E-state index in [2.05, 4.69) is 86.7 Å². The smallest absolute Gasteiger partial charge is 0.0193 e. The van der Waals surface area contributed by atoms with Crippen molar-refractivity contribution in [3.05, 3.63) is 83.4 Å². The molecule has 2 aromatic rings. The lowest BCUT2D eigenvalue weighted by Crippen LogP contribution is -1.92. The number of rotatable bonds is 7. The lowest BCUT2D eigenvalue weighted by molar-refractivity contribution is 0.823. The van der Waals surface area contributed by atoms with Gasteiger partial charge in [-0.3, -0.25) is 0 Å². The highest BCUT2D eigenvalue weighted by Crippen LogP contribution is 2.25. The maximum atomic E-state index is 2.29. The summed E-state index contributed by atoms with van der Waals surface area (Å²) < 4.78 is 0. The molecule has 0 N–H and O–H groups in total. The van der Waals surface area contributed by atoms with Crippen molar-refractivity contribution >= 4 is 11.6 Å². The minimum absolute atomic E-state index is 1.09. The zero-order valence-corrected chi connectivity index (χ0v) is 13.8. The number of hydrogen-bond acceptors (Lipinski definition) is 0. The van der Waals surface area contributed by atoms with Crippen molar-refractivity contribution in [1.82, 2.24) is 0 Å². The van der Waals surface area contributed by atoms with Gasteiger partial charge >= 0.3 is 0 Å². The van der Waals surface area contributed by atoms with E-state index in [1.807, 2.05) is 0 Å². The van der Waals surface area contributed by atoms with Crippen molar-refractivity contribution in [2.75, 3.05) is 0 Å². The molecule has 0 aromatic heterocycles. The van der Waals surface area contributed by atoms with Crippen molar-refractivity contribution in [2.45, 2.75) is 39.5 Å². The summed E-state index contributed by atoms with van der Waals surface area (Å²) in [6.07, 6.45) is 11.4. The molecule has 0 heteroatoms. The fourth-order valence-electron chi connectivity index (χ4n) is 2.66. The minimum Gasteiger partial charge on any atom is -0.0654 e. The van der Waals surface area contributed by atoms with E-state index in [4.69, 9.17) is 0 Å². The van der Waals surface area contributed by atoms with Gasteiger partial charge in [0.2, 0.25) is 0 Å². The van der Waals surface area contributed by atoms with Gasteiger partial charge in [-0.2, -0.15) is 0 Å². The van der Waals surface area contributed by atoms with Gasteiger partial charge in [0.05, 0.1) is 0 Å². The van der Waals surface area contributed by atoms with Crippen LogP contribution < -0.4 is 0 Å². The summed E-state index contributed by atoms with van der Waals surface area (Å²) in [5.41, 5.74) is 5.55. The second-order valence-electron chi connectivity index (χ2n) is 5.58. The molecule has 22 heavy (non-hydrogen) atoms. The lowest BCUT2D eigenvalue weighted by Gasteiger charge is -2.11. The van der Waals surface area contributed by atoms with Crippen molar-refractivity contribution in [2.24, 2.45) is 0 Å². The fraction of sp³-hybridized carbons (Fsp3) is 0.273. The molecule has 0 saturated carbocycles. The summed E-state index contributed by atoms with van der Waals surface area (Å²) in [5, 5.41) is 0. The van der Waals surface area contributed by atoms with E-state index in [1.54, 1.807) is 0 Å². The van der Waals surface area contributed by atoms with E-state index in [0.29, 0.717) is 0 Å². The number of aryl methyl sites for hydroxylation is 1. The molecular formula is C22H26. The first kappa shape index (κ1) is 16.3. The average Bonchev–Trinajstić information content (AvgIpc) is 2.59. The van der Waals surface area contributed by atoms with Crippen LogP contribution >= 0.6 is 0 Å². The SMILES string of the molecule is CCCCC(=CC=Cc1ccccc1)c1ccccc1CC. The fourth-order valence-corrected chi connectivity index (χ4v) is 2.66. The van der Waals surface area contributed by atoms with Gasteiger partial charge in [-0.1, -0.05) is 93.1 Å². The van der Waals surface area contributed by atoms with Gasteiger partial charge in [0.1, 0.15) is 0 Å². The molecule has 0 heterocycles. The molecule has 0 unspecified atom stereocenters. The van der Waals surface area contributed by atoms with Crippen LogP contribution in [0.4, 0.5) is 0 Å². The summed E-state index contributed by atoms with van der Waals surface area (Å²) in [6, 6.07) is 19.3. The molecule has 0 saturated heterocycles. The van der Waals surface area contributed by atoms with Gasteiger partial charge < -0.3 is 0 Å². The van der Waals surface area contributed by atoms with Crippen LogP contribution in [0.25, 0.3) is 11.6 Å². The van der Waals surface area contributed by atoms with Crippen LogP contribution in [0.15, 0.2) is 66.7 Å². The predicted molar refractivity (Wildman–Crippen MR) is 98.8 cm³/mol. The van der Waals surface area contributed by atoms with Gasteiger partial charge in [0, 0.05) is 0 Å². The zero-order valence-electron chi connectivity index (χ0n) is 13.8. The maximum Gasteiger partial charge on any atom is -0.0193 e. The second kappa shape index (κ2) is 9.04. The van der Waals surface area contributed by atoms with Gasteiger partial charge in [-0.05, 0) is 41.5 Å². The number of hydrogen-bond donors (Lipinski definition) is 0. The Kier molecular flexibility index (Phi) is 6.70. The Morgan fingerprint density at radius 3 is 2.36 bits per heavy atom. The quantitative estimate of drug-likeness (QED) is 0.508. The van der Waals surface area contributed by atoms with E-state index in [0.717, 1.165) is 12.8 Å². The topological polar surface area (TPSA) is 0 Å². The molecule has 0 aliphatic carbocycles. The van der Waals surface area contributed by atoms with Crippen LogP contribution in [-0.4, -0.2) is 0 Å². The normalized spacial score (nSPS) is 12.0. The molecule has 0 spiro atoms. The lowest BCUT2D eigenvalue weighted by atomic mass is 9.94. The highest BCUT2D eigenvalue weighted by molar-refractivity contribution is 5.71. The molecule has 2 aromatic carbocycles. The van der Waals surface area contributed by atoms with E-state index in [-0.39, 0.29) is 0 Å². The average molecular weight is 290 g/mol. The molecular weight excluding hydrogens is 264 g/mol. The van der Waals surface area contributed by atoms with E-state index >= 15 is 0 Å². The van der Waals surface area contributed by atoms with Gasteiger partial charge in [0.25, 0.3) is 0 Å². The van der Waals surface area contributed by atoms with Crippen LogP contribution in [0.5, 0.6) is 0 Å². The summed E-state index contributed by atoms with van der Waals surface area (Å²) in [6.45, 7) is 4.49. The second-order valence-corrected chi connectivity index (χ2v) is 5.58. The van der Waals surface area contributed by atoms with Crippen molar-refractivity contribution < 1.29 is 0 Å². The molecule has 0 fully saturated rings. The minimum atomic E-state index is 1.09. The third kappa shape index (κ3) is 4.73. The van der Waals surface area contributed by atoms with Gasteiger partial charge in [0.15, 0.2) is 0 Å². The molecule has 0 aliphatic heterocycles. The molecule has 0 atom stereocenters. The van der Waals surface area contributed by atoms with Crippen molar-refractivity contribution in [3.8, 4) is 0 Å². The molecule has 0 radical (unpaired) electrons. The molecule has 0 bridgehead atoms. The third-order valence-electron chi connectivity index (χ3n) is 3.93. The number of unbranched alkanes of at least 4 members (excludes halogenated alkanes) is 1. The van der Waals surface area contributed by atoms with Crippen molar-refractivity contribution in [1.29, 1.82) is 0 Å². The number of benzene rings is 2. The van der Waals surface area contributed by atoms with Gasteiger partial charge in [-0.25, -0.2) is 0 Å². The van der Waals surface area contributed by atoms with E-state index in [9.17, 15) is 0 Å². The predicted octanol–water partition coefficient (Wildman–Crippen LogP) is 6.54. The van der Waals surface area contributed by atoms with Crippen LogP contribution in [0.3, 0.4) is 0 Å². The largest absolute Gasteiger partial charge is 0.0654 e. The van der Waals surface area contributed by atoms with Crippen LogP contribution in [0, 0.1) is 0 Å². The molecule has 114 valence electrons. The van der Waals surface area contributed by atoms with Crippen LogP contribution in [0.1, 0.15) is 49.8 Å². The molecule has 2 rings (SSSR count). The summed E-state index contributed by atoms with van der Waals surface area (Å²) in [4.78, 5) is 0. The standard InChI is InChI=1S/C22H26/c1-3-5-15-21(22-18-10-9-16-20(22)4-2)17-11-14-19-12-7-6-8-13-19/h6-14,16-18H,3-5,15H2,1-2H3. The Balaban J connectivity index is 2.25. The Morgan fingerprint density at radius 2 is 1.64 bits per heavy atom. The molecule has 0 nitrogen and oxygen atoms in total. The van der Waals surface area contributed by atoms with Crippen LogP contribution in [0.2, 0.25) is 0 Å². The molecule has 0 amide bonds. The first-order valence-electron chi connectivity index (χ1n) is 8.35. The first-order chi connectivity index (χ1) is 10.8. The first-order valence-corrected chi connectivity index (χ1v) is 8.35. The van der Waals surface area contributed by atoms with Gasteiger partial charge in [-0.15, -0.1) is 0 Å². The third-order valence-corrected chi connectivity index (χ3v) is 3.93. The Hall–Kier alpha value is -2.08. The summed E-state index contributed by atoms with van der Waals surface area (Å²) in [5.74, 6) is 0. The monoisotopic (exact) mass is 290 g/mol. The van der Waals surface area contributed by atoms with Crippen LogP contribution in [-0.2, 0) is 6.42 Å².